The van der Waals surface area contributed by atoms with Crippen LogP contribution in [-0.2, 0) is 17.6 Å². The summed E-state index contributed by atoms with van der Waals surface area (Å²) in [6, 6.07) is 13.5. The molecule has 2 heterocycles. The second-order valence-corrected chi connectivity index (χ2v) is 5.77. The molecule has 0 saturated carbocycles. The second-order valence-electron chi connectivity index (χ2n) is 5.77. The van der Waals surface area contributed by atoms with Crippen LogP contribution in [0.25, 0.3) is 11.4 Å². The van der Waals surface area contributed by atoms with Crippen LogP contribution in [0.4, 0.5) is 5.82 Å². The smallest absolute Gasteiger partial charge is 0.227 e. The van der Waals surface area contributed by atoms with E-state index in [0.717, 1.165) is 17.7 Å². The third-order valence-electron chi connectivity index (χ3n) is 3.81. The van der Waals surface area contributed by atoms with Gasteiger partial charge in [-0.15, -0.1) is 0 Å². The summed E-state index contributed by atoms with van der Waals surface area (Å²) in [6.07, 6.45) is 1.63. The molecule has 3 aromatic rings. The number of carbonyl (C=O) groups excluding carboxylic acids is 1. The van der Waals surface area contributed by atoms with Crippen LogP contribution in [0.3, 0.4) is 0 Å². The lowest BCUT2D eigenvalue weighted by molar-refractivity contribution is -0.116. The number of benzene rings is 1. The highest BCUT2D eigenvalue weighted by atomic mass is 16.5. The summed E-state index contributed by atoms with van der Waals surface area (Å²) < 4.78 is 5.24. The lowest BCUT2D eigenvalue weighted by Gasteiger charge is -2.03. The first-order valence-electron chi connectivity index (χ1n) is 8.29. The molecule has 1 amide bonds. The summed E-state index contributed by atoms with van der Waals surface area (Å²) in [5.74, 6) is 1.40. The average Bonchev–Trinajstić information content (AvgIpc) is 3.09. The van der Waals surface area contributed by atoms with Gasteiger partial charge in [-0.2, -0.15) is 4.98 Å². The van der Waals surface area contributed by atoms with E-state index >= 15 is 0 Å². The van der Waals surface area contributed by atoms with Crippen LogP contribution < -0.4 is 5.32 Å². The normalized spacial score (nSPS) is 10.6. The zero-order chi connectivity index (χ0) is 17.6. The van der Waals surface area contributed by atoms with Crippen molar-refractivity contribution in [2.45, 2.75) is 33.1 Å². The van der Waals surface area contributed by atoms with Crippen LogP contribution in [0, 0.1) is 6.92 Å². The number of pyridine rings is 1. The molecule has 2 aromatic heterocycles. The number of aryl methyl sites for hydroxylation is 3. The Morgan fingerprint density at radius 2 is 1.92 bits per heavy atom. The number of amides is 1. The summed E-state index contributed by atoms with van der Waals surface area (Å²) in [5, 5.41) is 6.75. The van der Waals surface area contributed by atoms with Crippen molar-refractivity contribution in [2.24, 2.45) is 0 Å². The number of carbonyl (C=O) groups is 1. The van der Waals surface area contributed by atoms with Crippen LogP contribution in [-0.4, -0.2) is 21.0 Å². The maximum Gasteiger partial charge on any atom is 0.227 e. The zero-order valence-electron chi connectivity index (χ0n) is 14.3. The molecule has 0 fully saturated rings. The molecule has 1 aromatic carbocycles. The molecule has 6 nitrogen and oxygen atoms in total. The zero-order valence-corrected chi connectivity index (χ0v) is 14.3. The van der Waals surface area contributed by atoms with Crippen LogP contribution in [0.2, 0.25) is 0 Å². The summed E-state index contributed by atoms with van der Waals surface area (Å²) in [6.45, 7) is 3.99. The topological polar surface area (TPSA) is 80.9 Å². The van der Waals surface area contributed by atoms with Gasteiger partial charge in [0.2, 0.25) is 17.6 Å². The second kappa shape index (κ2) is 7.70. The van der Waals surface area contributed by atoms with E-state index < -0.39 is 0 Å². The van der Waals surface area contributed by atoms with E-state index in [-0.39, 0.29) is 12.3 Å². The SMILES string of the molecule is CCc1ccc(-c2noc(CCC(=O)Nc3cccc(C)n3)n2)cc1. The van der Waals surface area contributed by atoms with Crippen molar-refractivity contribution in [3.05, 3.63) is 59.6 Å². The fraction of sp³-hybridized carbons (Fsp3) is 0.263. The fourth-order valence-electron chi connectivity index (χ4n) is 2.40. The van der Waals surface area contributed by atoms with E-state index in [2.05, 4.69) is 27.4 Å². The molecule has 0 bridgehead atoms. The minimum Gasteiger partial charge on any atom is -0.339 e. The van der Waals surface area contributed by atoms with E-state index in [1.165, 1.54) is 5.56 Å². The van der Waals surface area contributed by atoms with E-state index in [9.17, 15) is 4.79 Å². The van der Waals surface area contributed by atoms with Gasteiger partial charge in [0.05, 0.1) is 0 Å². The predicted octanol–water partition coefficient (Wildman–Crippen LogP) is 3.57. The van der Waals surface area contributed by atoms with Crippen molar-refractivity contribution in [1.29, 1.82) is 0 Å². The number of aromatic nitrogens is 3. The number of hydrogen-bond donors (Lipinski definition) is 1. The van der Waals surface area contributed by atoms with Crippen LogP contribution >= 0.6 is 0 Å². The third-order valence-corrected chi connectivity index (χ3v) is 3.81. The van der Waals surface area contributed by atoms with Gasteiger partial charge in [0, 0.05) is 24.1 Å². The summed E-state index contributed by atoms with van der Waals surface area (Å²) in [4.78, 5) is 20.6. The van der Waals surface area contributed by atoms with E-state index in [1.54, 1.807) is 6.07 Å². The molecule has 0 aliphatic carbocycles. The minimum absolute atomic E-state index is 0.134. The Labute approximate surface area is 146 Å². The van der Waals surface area contributed by atoms with Crippen LogP contribution in [0.5, 0.6) is 0 Å². The molecule has 0 saturated heterocycles. The Morgan fingerprint density at radius 1 is 1.12 bits per heavy atom. The number of hydrogen-bond acceptors (Lipinski definition) is 5. The standard InChI is InChI=1S/C19H20N4O2/c1-3-14-7-9-15(10-8-14)19-22-18(25-23-19)12-11-17(24)21-16-6-4-5-13(2)20-16/h4-10H,3,11-12H2,1-2H3,(H,20,21,24). The Kier molecular flexibility index (Phi) is 5.18. The first kappa shape index (κ1) is 16.8. The Bertz CT molecular complexity index is 856. The molecule has 0 unspecified atom stereocenters. The van der Waals surface area contributed by atoms with Crippen molar-refractivity contribution < 1.29 is 9.32 Å². The largest absolute Gasteiger partial charge is 0.339 e. The number of rotatable bonds is 6. The summed E-state index contributed by atoms with van der Waals surface area (Å²) in [7, 11) is 0. The van der Waals surface area contributed by atoms with Crippen molar-refractivity contribution in [2.75, 3.05) is 5.32 Å². The Balaban J connectivity index is 1.56. The van der Waals surface area contributed by atoms with E-state index in [4.69, 9.17) is 4.52 Å². The molecule has 25 heavy (non-hydrogen) atoms. The Hall–Kier alpha value is -3.02. The quantitative estimate of drug-likeness (QED) is 0.744. The average molecular weight is 336 g/mol. The predicted molar refractivity (Wildman–Crippen MR) is 95.0 cm³/mol. The van der Waals surface area contributed by atoms with Crippen LogP contribution in [0.15, 0.2) is 47.0 Å². The van der Waals surface area contributed by atoms with Crippen molar-refractivity contribution in [1.82, 2.24) is 15.1 Å². The maximum atomic E-state index is 12.0. The van der Waals surface area contributed by atoms with Crippen molar-refractivity contribution >= 4 is 11.7 Å². The lowest BCUT2D eigenvalue weighted by atomic mass is 10.1. The highest BCUT2D eigenvalue weighted by Gasteiger charge is 2.11. The van der Waals surface area contributed by atoms with Gasteiger partial charge in [-0.25, -0.2) is 4.98 Å². The number of nitrogens with one attached hydrogen (secondary N) is 1. The highest BCUT2D eigenvalue weighted by Crippen LogP contribution is 2.17. The minimum atomic E-state index is -0.134. The van der Waals surface area contributed by atoms with E-state index in [0.29, 0.717) is 24.0 Å². The monoisotopic (exact) mass is 336 g/mol. The molecule has 0 aliphatic heterocycles. The van der Waals surface area contributed by atoms with E-state index in [1.807, 2.05) is 43.3 Å². The van der Waals surface area contributed by atoms with Gasteiger partial charge in [0.15, 0.2) is 0 Å². The molecular formula is C19H20N4O2. The third kappa shape index (κ3) is 4.50. The first-order chi connectivity index (χ1) is 12.1. The summed E-state index contributed by atoms with van der Waals surface area (Å²) >= 11 is 0. The van der Waals surface area contributed by atoms with Gasteiger partial charge >= 0.3 is 0 Å². The molecule has 6 heteroatoms. The summed E-state index contributed by atoms with van der Waals surface area (Å²) in [5.41, 5.74) is 3.02. The molecule has 0 radical (unpaired) electrons. The van der Waals surface area contributed by atoms with Crippen LogP contribution in [0.1, 0.15) is 30.5 Å². The molecule has 0 aliphatic rings. The van der Waals surface area contributed by atoms with Gasteiger partial charge in [-0.1, -0.05) is 42.4 Å². The van der Waals surface area contributed by atoms with Crippen molar-refractivity contribution in [3.8, 4) is 11.4 Å². The molecule has 0 atom stereocenters. The molecule has 128 valence electrons. The number of anilines is 1. The Morgan fingerprint density at radius 3 is 2.64 bits per heavy atom. The molecule has 3 rings (SSSR count). The van der Waals surface area contributed by atoms with Gasteiger partial charge in [0.1, 0.15) is 5.82 Å². The molecular weight excluding hydrogens is 316 g/mol. The highest BCUT2D eigenvalue weighted by molar-refractivity contribution is 5.89. The van der Waals surface area contributed by atoms with Crippen molar-refractivity contribution in [3.63, 3.8) is 0 Å². The van der Waals surface area contributed by atoms with Gasteiger partial charge in [-0.3, -0.25) is 4.79 Å². The molecule has 1 N–H and O–H groups in total. The fourth-order valence-corrected chi connectivity index (χ4v) is 2.40. The number of nitrogens with zero attached hydrogens (tertiary/aromatic N) is 3. The first-order valence-corrected chi connectivity index (χ1v) is 8.29. The van der Waals surface area contributed by atoms with Gasteiger partial charge in [0.25, 0.3) is 0 Å². The lowest BCUT2D eigenvalue weighted by Crippen LogP contribution is -2.13. The van der Waals surface area contributed by atoms with Gasteiger partial charge in [-0.05, 0) is 31.0 Å². The maximum absolute atomic E-state index is 12.0. The molecule has 0 spiro atoms. The van der Waals surface area contributed by atoms with Gasteiger partial charge < -0.3 is 9.84 Å².